The van der Waals surface area contributed by atoms with Gasteiger partial charge >= 0.3 is 298 Å². The molecule has 0 saturated carbocycles. The van der Waals surface area contributed by atoms with Crippen molar-refractivity contribution < 1.29 is 24.1 Å². The molecule has 0 N–H and O–H groups in total. The van der Waals surface area contributed by atoms with E-state index in [-0.39, 0.29) is 27.1 Å². The molecule has 296 valence electrons. The Morgan fingerprint density at radius 2 is 1.17 bits per heavy atom. The Balaban J connectivity index is 1.20. The third-order valence-corrected chi connectivity index (χ3v) is 15.7. The molecule has 0 saturated heterocycles. The molecule has 6 heteroatoms. The first-order chi connectivity index (χ1) is 27.4. The summed E-state index contributed by atoms with van der Waals surface area (Å²) in [7, 11) is 0. The topological polar surface area (TPSA) is 36.9 Å². The van der Waals surface area contributed by atoms with Gasteiger partial charge in [-0.1, -0.05) is 32.9 Å². The molecule has 2 aliphatic heterocycles. The maximum atomic E-state index is 6.84. The Kier molecular flexibility index (Phi) is 7.74. The van der Waals surface area contributed by atoms with Crippen LogP contribution >= 0.6 is 0 Å². The summed E-state index contributed by atoms with van der Waals surface area (Å²) in [6, 6.07) is 42.8. The van der Waals surface area contributed by atoms with E-state index in [9.17, 15) is 0 Å². The first-order valence-corrected chi connectivity index (χ1v) is 21.5. The summed E-state index contributed by atoms with van der Waals surface area (Å²) >= 11 is 2.57. The molecule has 0 fully saturated rings. The van der Waals surface area contributed by atoms with Gasteiger partial charge in [0.05, 0.1) is 0 Å². The molecule has 0 atom stereocenters. The number of rotatable bonds is 3. The Bertz CT molecular complexity index is 3110. The fourth-order valence-electron chi connectivity index (χ4n) is 9.77. The molecule has 0 bridgehead atoms. The molecule has 8 aromatic rings. The summed E-state index contributed by atoms with van der Waals surface area (Å²) in [4.78, 5) is 4.88. The number of hydrogen-bond donors (Lipinski definition) is 0. The van der Waals surface area contributed by atoms with Gasteiger partial charge in [-0.3, -0.25) is 0 Å². The van der Waals surface area contributed by atoms with Gasteiger partial charge < -0.3 is 0 Å². The fraction of sp³-hybridized carbons (Fsp3) is 0.308. The monoisotopic (exact) mass is 941 g/mol. The number of aromatic nitrogens is 4. The van der Waals surface area contributed by atoms with Crippen LogP contribution in [0.3, 0.4) is 0 Å². The van der Waals surface area contributed by atoms with Crippen molar-refractivity contribution >= 4 is 32.8 Å². The Morgan fingerprint density at radius 1 is 0.586 bits per heavy atom. The van der Waals surface area contributed by atoms with Crippen molar-refractivity contribution in [3.8, 4) is 28.7 Å². The van der Waals surface area contributed by atoms with Crippen LogP contribution in [-0.4, -0.2) is 18.7 Å². The van der Waals surface area contributed by atoms with Gasteiger partial charge in [-0.25, -0.2) is 0 Å². The van der Waals surface area contributed by atoms with Gasteiger partial charge in [0.1, 0.15) is 0 Å². The summed E-state index contributed by atoms with van der Waals surface area (Å²) < 4.78 is 15.2. The zero-order valence-corrected chi connectivity index (χ0v) is 37.6. The van der Waals surface area contributed by atoms with Crippen molar-refractivity contribution in [1.29, 1.82) is 0 Å². The first kappa shape index (κ1) is 37.3. The number of fused-ring (bicyclic) bond motifs is 7. The van der Waals surface area contributed by atoms with Crippen molar-refractivity contribution in [1.82, 2.24) is 18.7 Å². The van der Waals surface area contributed by atoms with E-state index in [0.29, 0.717) is 11.5 Å². The summed E-state index contributed by atoms with van der Waals surface area (Å²) in [5.41, 5.74) is 12.5. The quantitative estimate of drug-likeness (QED) is 0.166. The van der Waals surface area contributed by atoms with Crippen LogP contribution in [-0.2, 0) is 46.4 Å². The average Bonchev–Trinajstić information content (AvgIpc) is 3.64. The van der Waals surface area contributed by atoms with Gasteiger partial charge in [-0.15, -0.1) is 0 Å². The molecule has 58 heavy (non-hydrogen) atoms. The number of benzene rings is 5. The van der Waals surface area contributed by atoms with Crippen molar-refractivity contribution in [2.75, 3.05) is 0 Å². The van der Waals surface area contributed by atoms with E-state index in [0.717, 1.165) is 37.1 Å². The maximum absolute atomic E-state index is 6.84. The second kappa shape index (κ2) is 12.0. The molecule has 0 spiro atoms. The van der Waals surface area contributed by atoms with E-state index in [4.69, 9.17) is 9.72 Å². The summed E-state index contributed by atoms with van der Waals surface area (Å²) in [5, 5.41) is 2.26. The Hall–Kier alpha value is -4.99. The molecule has 5 heterocycles. The van der Waals surface area contributed by atoms with Gasteiger partial charge in [-0.2, -0.15) is 0 Å². The molecule has 0 aliphatic carbocycles. The van der Waals surface area contributed by atoms with Crippen LogP contribution < -0.4 is 4.74 Å². The fourth-order valence-corrected chi connectivity index (χ4v) is 10.8. The molecular weight excluding hydrogens is 892 g/mol. The molecule has 0 unspecified atom stereocenters. The number of para-hydroxylation sites is 2. The van der Waals surface area contributed by atoms with E-state index < -0.39 is 0 Å². The van der Waals surface area contributed by atoms with Crippen LogP contribution in [0.15, 0.2) is 103 Å². The normalized spacial score (nSPS) is 17.2. The van der Waals surface area contributed by atoms with Crippen LogP contribution in [0.4, 0.5) is 0 Å². The molecule has 0 radical (unpaired) electrons. The average molecular weight is 942 g/mol. The third-order valence-electron chi connectivity index (χ3n) is 14.6. The summed E-state index contributed by atoms with van der Waals surface area (Å²) in [6.07, 6.45) is 1.91. The van der Waals surface area contributed by atoms with Crippen LogP contribution in [0, 0.1) is 15.9 Å². The molecule has 5 aromatic carbocycles. The number of hydrogen-bond acceptors (Lipinski definition) is 2. The van der Waals surface area contributed by atoms with Gasteiger partial charge in [0.15, 0.2) is 0 Å². The van der Waals surface area contributed by atoms with Gasteiger partial charge in [-0.05, 0) is 17.0 Å². The van der Waals surface area contributed by atoms with Gasteiger partial charge in [0.2, 0.25) is 0 Å². The number of ether oxygens (including phenoxy) is 1. The number of nitrogens with zero attached hydrogens (tertiary/aromatic N) is 4. The van der Waals surface area contributed by atoms with E-state index in [1.54, 1.807) is 0 Å². The Labute approximate surface area is 352 Å². The van der Waals surface area contributed by atoms with Crippen LogP contribution in [0.1, 0.15) is 104 Å². The summed E-state index contributed by atoms with van der Waals surface area (Å²) in [5.74, 6) is 2.15. The standard InChI is InChI=1S/C52H50N4O.Pt/c1-48(2,3)32-26-27-53-45(28-32)56-41-18-14-12-16-35(41)36-22-20-33(29-43(36)56)57-34-21-23-38-44(30-34)55-31-54-42-19-15-13-17-37(42)49(4,5)51(8,9)39-24-25-40(47(55)46(39)54)52(10,11)50(38,6)7;/h12-28H,1-11H3;/q-2;. The first-order valence-electron chi connectivity index (χ1n) is 20.4. The zero-order chi connectivity index (χ0) is 40.9. The van der Waals surface area contributed by atoms with Crippen molar-refractivity contribution in [2.45, 2.75) is 103 Å². The number of pyridine rings is 1. The predicted octanol–water partition coefficient (Wildman–Crippen LogP) is 12.8. The molecule has 2 aliphatic rings. The number of imidazole rings is 1. The van der Waals surface area contributed by atoms with Crippen molar-refractivity contribution in [3.05, 3.63) is 147 Å². The molecule has 10 rings (SSSR count). The van der Waals surface area contributed by atoms with E-state index in [2.05, 4.69) is 212 Å². The van der Waals surface area contributed by atoms with Gasteiger partial charge in [0.25, 0.3) is 0 Å². The van der Waals surface area contributed by atoms with Crippen LogP contribution in [0.25, 0.3) is 50.0 Å². The third kappa shape index (κ3) is 4.86. The van der Waals surface area contributed by atoms with Crippen LogP contribution in [0.5, 0.6) is 11.5 Å². The second-order valence-corrected chi connectivity index (χ2v) is 20.6. The van der Waals surface area contributed by atoms with E-state index in [1.807, 2.05) is 12.3 Å². The Morgan fingerprint density at radius 3 is 1.90 bits per heavy atom. The van der Waals surface area contributed by atoms with Crippen molar-refractivity contribution in [3.63, 3.8) is 0 Å². The van der Waals surface area contributed by atoms with E-state index in [1.165, 1.54) is 44.5 Å². The van der Waals surface area contributed by atoms with Crippen molar-refractivity contribution in [2.24, 2.45) is 0 Å². The minimum atomic E-state index is -0.244. The zero-order valence-electron chi connectivity index (χ0n) is 35.3. The van der Waals surface area contributed by atoms with E-state index >= 15 is 0 Å². The minimum absolute atomic E-state index is 0.0168. The molecular formula is C52H50N4OPt-2. The molecule has 3 aromatic heterocycles. The molecule has 5 nitrogen and oxygen atoms in total. The van der Waals surface area contributed by atoms with Crippen LogP contribution in [0.2, 0.25) is 0 Å². The summed E-state index contributed by atoms with van der Waals surface area (Å²) in [6.45, 7) is 26.0. The SMILES string of the molecule is CC(C)(C)c1ccnc(-n2c3[c-]c(Oc4[c-]c5c(cc4)C(C)(C)C(C)(C)c4ccc6c7c4n-5[c](=[Pt])n7-c4ccccc4C(C)(C)C6(C)C)ccc3c3ccccc32)c1. The second-order valence-electron chi connectivity index (χ2n) is 19.6. The molecule has 0 amide bonds. The van der Waals surface area contributed by atoms with Gasteiger partial charge in [0, 0.05) is 6.20 Å². The predicted molar refractivity (Wildman–Crippen MR) is 233 cm³/mol.